The molecule has 0 saturated carbocycles. The van der Waals surface area contributed by atoms with Gasteiger partial charge in [0.1, 0.15) is 0 Å². The summed E-state index contributed by atoms with van der Waals surface area (Å²) < 4.78 is 32.9. The van der Waals surface area contributed by atoms with Gasteiger partial charge in [0.25, 0.3) is 5.91 Å². The van der Waals surface area contributed by atoms with Crippen LogP contribution in [0.2, 0.25) is 0 Å². The Kier molecular flexibility index (Phi) is 6.43. The van der Waals surface area contributed by atoms with Crippen LogP contribution in [0.3, 0.4) is 0 Å². The van der Waals surface area contributed by atoms with E-state index in [1.807, 2.05) is 0 Å². The fourth-order valence-electron chi connectivity index (χ4n) is 4.10. The van der Waals surface area contributed by atoms with Gasteiger partial charge in [0.15, 0.2) is 5.75 Å². The van der Waals surface area contributed by atoms with Gasteiger partial charge in [-0.25, -0.2) is 8.42 Å². The molecule has 170 valence electrons. The topological polar surface area (TPSA) is 110 Å². The summed E-state index contributed by atoms with van der Waals surface area (Å²) in [4.78, 5) is 25.8. The number of carbonyl (C=O) groups excluding carboxylic acids is 1. The molecule has 32 heavy (non-hydrogen) atoms. The molecule has 0 N–H and O–H groups in total. The minimum absolute atomic E-state index is 0.142. The number of sulfonamides is 1. The highest BCUT2D eigenvalue weighted by Crippen LogP contribution is 2.35. The molecule has 2 aromatic carbocycles. The molecule has 2 saturated heterocycles. The Hall–Kier alpha value is -2.98. The molecule has 1 amide bonds. The lowest BCUT2D eigenvalue weighted by molar-refractivity contribution is -0.386. The van der Waals surface area contributed by atoms with Crippen molar-refractivity contribution in [1.82, 2.24) is 9.21 Å². The predicted molar refractivity (Wildman–Crippen MR) is 117 cm³/mol. The molecule has 0 spiro atoms. The van der Waals surface area contributed by atoms with Gasteiger partial charge in [-0.15, -0.1) is 0 Å². The summed E-state index contributed by atoms with van der Waals surface area (Å²) in [6, 6.07) is 12.4. The summed E-state index contributed by atoms with van der Waals surface area (Å²) in [5.41, 5.74) is 0.0906. The van der Waals surface area contributed by atoms with E-state index >= 15 is 0 Å². The Morgan fingerprint density at radius 2 is 1.59 bits per heavy atom. The van der Waals surface area contributed by atoms with Gasteiger partial charge in [-0.1, -0.05) is 30.3 Å². The zero-order chi connectivity index (χ0) is 22.7. The van der Waals surface area contributed by atoms with Gasteiger partial charge in [0.05, 0.1) is 9.82 Å². The number of benzene rings is 2. The highest BCUT2D eigenvalue weighted by molar-refractivity contribution is 7.89. The third kappa shape index (κ3) is 4.46. The van der Waals surface area contributed by atoms with E-state index in [0.29, 0.717) is 31.7 Å². The first-order valence-electron chi connectivity index (χ1n) is 10.7. The molecule has 2 aromatic rings. The zero-order valence-electron chi connectivity index (χ0n) is 17.6. The standard InChI is InChI=1S/C22H25N3O6S/c26-22(23-12-4-5-13-23)21(17-8-2-1-3-9-17)31-20-11-10-18(16-19(20)25(27)28)32(29,30)24-14-6-7-15-24/h1-3,8-11,16,21H,4-7,12-15H2. The van der Waals surface area contributed by atoms with Crippen molar-refractivity contribution in [3.05, 3.63) is 64.2 Å². The first-order valence-corrected chi connectivity index (χ1v) is 12.1. The smallest absolute Gasteiger partial charge is 0.312 e. The second-order valence-corrected chi connectivity index (χ2v) is 9.88. The molecule has 2 fully saturated rings. The molecule has 0 aliphatic carbocycles. The molecular formula is C22H25N3O6S. The minimum Gasteiger partial charge on any atom is -0.469 e. The first-order chi connectivity index (χ1) is 15.4. The summed E-state index contributed by atoms with van der Waals surface area (Å²) in [5, 5.41) is 11.8. The number of likely N-dealkylation sites (tertiary alicyclic amines) is 1. The van der Waals surface area contributed by atoms with Crippen LogP contribution in [0.5, 0.6) is 5.75 Å². The molecule has 9 nitrogen and oxygen atoms in total. The van der Waals surface area contributed by atoms with Crippen molar-refractivity contribution in [1.29, 1.82) is 0 Å². The van der Waals surface area contributed by atoms with Crippen LogP contribution in [0.25, 0.3) is 0 Å². The number of amides is 1. The van der Waals surface area contributed by atoms with Crippen LogP contribution in [-0.2, 0) is 14.8 Å². The maximum atomic E-state index is 13.2. The lowest BCUT2D eigenvalue weighted by atomic mass is 10.1. The van der Waals surface area contributed by atoms with E-state index in [2.05, 4.69) is 0 Å². The molecule has 0 radical (unpaired) electrons. The molecular weight excluding hydrogens is 434 g/mol. The van der Waals surface area contributed by atoms with Crippen LogP contribution in [0.15, 0.2) is 53.4 Å². The van der Waals surface area contributed by atoms with Crippen molar-refractivity contribution in [3.63, 3.8) is 0 Å². The highest BCUT2D eigenvalue weighted by atomic mass is 32.2. The maximum Gasteiger partial charge on any atom is 0.312 e. The van der Waals surface area contributed by atoms with E-state index < -0.39 is 26.7 Å². The Bertz CT molecular complexity index is 1090. The molecule has 2 aliphatic rings. The predicted octanol–water partition coefficient (Wildman–Crippen LogP) is 3.12. The molecule has 0 bridgehead atoms. The lowest BCUT2D eigenvalue weighted by Gasteiger charge is -2.24. The van der Waals surface area contributed by atoms with Crippen LogP contribution in [0, 0.1) is 10.1 Å². The summed E-state index contributed by atoms with van der Waals surface area (Å²) >= 11 is 0. The summed E-state index contributed by atoms with van der Waals surface area (Å²) in [7, 11) is -3.82. The van der Waals surface area contributed by atoms with Crippen molar-refractivity contribution in [2.24, 2.45) is 0 Å². The van der Waals surface area contributed by atoms with Gasteiger partial charge >= 0.3 is 5.69 Å². The molecule has 10 heteroatoms. The number of nitro groups is 1. The average Bonchev–Trinajstić information content (AvgIpc) is 3.52. The van der Waals surface area contributed by atoms with Crippen molar-refractivity contribution in [2.75, 3.05) is 26.2 Å². The van der Waals surface area contributed by atoms with Crippen molar-refractivity contribution in [3.8, 4) is 5.75 Å². The summed E-state index contributed by atoms with van der Waals surface area (Å²) in [6.45, 7) is 2.02. The fourth-order valence-corrected chi connectivity index (χ4v) is 5.63. The van der Waals surface area contributed by atoms with Crippen LogP contribution in [-0.4, -0.2) is 54.6 Å². The second kappa shape index (κ2) is 9.25. The number of hydrogen-bond donors (Lipinski definition) is 0. The molecule has 2 aliphatic heterocycles. The number of nitro benzene ring substituents is 1. The molecule has 1 unspecified atom stereocenters. The van der Waals surface area contributed by atoms with Crippen LogP contribution in [0.1, 0.15) is 37.4 Å². The van der Waals surface area contributed by atoms with Gasteiger partial charge in [-0.05, 0) is 37.8 Å². The number of hydrogen-bond acceptors (Lipinski definition) is 6. The number of ether oxygens (including phenoxy) is 1. The minimum atomic E-state index is -3.82. The molecule has 4 rings (SSSR count). The van der Waals surface area contributed by atoms with Gasteiger partial charge in [-0.3, -0.25) is 14.9 Å². The summed E-state index contributed by atoms with van der Waals surface area (Å²) in [6.07, 6.45) is 2.26. The SMILES string of the molecule is O=C(C(Oc1ccc(S(=O)(=O)N2CCCC2)cc1[N+](=O)[O-])c1ccccc1)N1CCCC1. The quantitative estimate of drug-likeness (QED) is 0.465. The molecule has 1 atom stereocenters. The highest BCUT2D eigenvalue weighted by Gasteiger charge is 2.33. The Morgan fingerprint density at radius 1 is 0.969 bits per heavy atom. The van der Waals surface area contributed by atoms with Crippen LogP contribution < -0.4 is 4.74 Å². The maximum absolute atomic E-state index is 13.2. The number of carbonyl (C=O) groups is 1. The van der Waals surface area contributed by atoms with Gasteiger partial charge in [-0.2, -0.15) is 4.31 Å². The Labute approximate surface area is 186 Å². The van der Waals surface area contributed by atoms with E-state index in [9.17, 15) is 23.3 Å². The second-order valence-electron chi connectivity index (χ2n) is 7.94. The molecule has 2 heterocycles. The van der Waals surface area contributed by atoms with Crippen molar-refractivity contribution >= 4 is 21.6 Å². The van der Waals surface area contributed by atoms with E-state index in [0.717, 1.165) is 31.7 Å². The first kappa shape index (κ1) is 22.2. The number of rotatable bonds is 7. The Balaban J connectivity index is 1.69. The van der Waals surface area contributed by atoms with Gasteiger partial charge < -0.3 is 9.64 Å². The normalized spacial score (nSPS) is 17.9. The third-order valence-corrected chi connectivity index (χ3v) is 7.71. The van der Waals surface area contributed by atoms with E-state index in [1.54, 1.807) is 35.2 Å². The zero-order valence-corrected chi connectivity index (χ0v) is 18.4. The van der Waals surface area contributed by atoms with Crippen molar-refractivity contribution < 1.29 is 22.9 Å². The third-order valence-electron chi connectivity index (χ3n) is 5.82. The monoisotopic (exact) mass is 459 g/mol. The van der Waals surface area contributed by atoms with Crippen LogP contribution in [0.4, 0.5) is 5.69 Å². The van der Waals surface area contributed by atoms with Gasteiger partial charge in [0, 0.05) is 37.8 Å². The van der Waals surface area contributed by atoms with Gasteiger partial charge in [0.2, 0.25) is 16.1 Å². The summed E-state index contributed by atoms with van der Waals surface area (Å²) in [5.74, 6) is -0.409. The lowest BCUT2D eigenvalue weighted by Crippen LogP contribution is -2.35. The van der Waals surface area contributed by atoms with E-state index in [-0.39, 0.29) is 16.6 Å². The average molecular weight is 460 g/mol. The Morgan fingerprint density at radius 3 is 2.22 bits per heavy atom. The van der Waals surface area contributed by atoms with Crippen molar-refractivity contribution in [2.45, 2.75) is 36.7 Å². The van der Waals surface area contributed by atoms with E-state index in [4.69, 9.17) is 4.74 Å². The molecule has 0 aromatic heterocycles. The van der Waals surface area contributed by atoms with E-state index in [1.165, 1.54) is 16.4 Å². The number of nitrogens with zero attached hydrogens (tertiary/aromatic N) is 3. The fraction of sp³-hybridized carbons (Fsp3) is 0.409. The van der Waals surface area contributed by atoms with Crippen LogP contribution >= 0.6 is 0 Å². The largest absolute Gasteiger partial charge is 0.469 e.